The molecule has 0 saturated carbocycles. The lowest BCUT2D eigenvalue weighted by Crippen LogP contribution is -2.54. The Labute approximate surface area is 561 Å². The van der Waals surface area contributed by atoms with Crippen molar-refractivity contribution in [1.29, 1.82) is 0 Å². The standard InChI is InChI=1S/C71H80N12O14/c84-60(76-58-28-18-40-82(64(58)88)44-62(86)72-42-50-32-36-56(37-33-50)74-66(78-68(90)94-46-52-20-8-4-9-21-52)79-69(91)95-47-53-22-10-5-11-23-53)30-16-2-1-3-17-31-61(85)77-59-29-19-41-83(65(59)89)45-63(87)73-43-51-34-38-57(39-35-51)75-67(80-70(92)96-48-54-24-12-6-13-25-54)81-71(93)97-49-55-26-14-7-15-27-55/h4-15,20-27,32-39,58-59H,1-3,16-19,28-31,40-49H2,(H,72,86)(H,73,87)(H,76,84)(H,77,85)(H2,74,78,79,90,91)(H2,75,80,81,92,93). The molecule has 0 aliphatic carbocycles. The summed E-state index contributed by atoms with van der Waals surface area (Å²) in [4.78, 5) is 140. The molecule has 2 aliphatic rings. The van der Waals surface area contributed by atoms with Crippen molar-refractivity contribution in [2.45, 2.75) is 122 Å². The van der Waals surface area contributed by atoms with Crippen LogP contribution in [-0.2, 0) is 87.2 Å². The van der Waals surface area contributed by atoms with Crippen molar-refractivity contribution in [3.8, 4) is 0 Å². The van der Waals surface area contributed by atoms with E-state index in [9.17, 15) is 47.9 Å². The first kappa shape index (κ1) is 71.4. The molecule has 2 fully saturated rings. The Balaban J connectivity index is 0.674. The second-order valence-corrected chi connectivity index (χ2v) is 22.9. The Morgan fingerprint density at radius 2 is 0.722 bits per heavy atom. The van der Waals surface area contributed by atoms with E-state index < -0.39 is 36.5 Å². The highest BCUT2D eigenvalue weighted by Gasteiger charge is 2.32. The van der Waals surface area contributed by atoms with Crippen molar-refractivity contribution in [2.24, 2.45) is 9.98 Å². The Morgan fingerprint density at radius 3 is 1.07 bits per heavy atom. The summed E-state index contributed by atoms with van der Waals surface area (Å²) in [5, 5.41) is 22.0. The zero-order valence-corrected chi connectivity index (χ0v) is 53.7. The number of aliphatic imine (C=N–C) groups is 2. The minimum absolute atomic E-state index is 0.0188. The van der Waals surface area contributed by atoms with Gasteiger partial charge < -0.3 is 60.6 Å². The molecule has 0 spiro atoms. The van der Waals surface area contributed by atoms with E-state index in [1.807, 2.05) is 72.8 Å². The molecule has 8 rings (SSSR count). The van der Waals surface area contributed by atoms with Crippen LogP contribution in [0.15, 0.2) is 180 Å². The molecule has 8 N–H and O–H groups in total. The van der Waals surface area contributed by atoms with Gasteiger partial charge in [0.2, 0.25) is 47.4 Å². The SMILES string of the molecule is O=C(CN1CCCC(NC(=O)CCCCCCCC(=O)NC2CCCN(CC(=O)NCc3ccc(N/C(=N\C(=O)OCc4ccccc4)NC(=O)OCc4ccccc4)cc3)C2=O)C1=O)NCc1ccc(N/C(=N\C(=O)OCc2ccccc2)NC(=O)OCc2ccccc2)cc1. The van der Waals surface area contributed by atoms with Crippen molar-refractivity contribution < 1.29 is 66.9 Å². The first-order valence-corrected chi connectivity index (χ1v) is 32.1. The van der Waals surface area contributed by atoms with Crippen LogP contribution in [0.2, 0.25) is 0 Å². The molecule has 2 unspecified atom stereocenters. The molecule has 2 saturated heterocycles. The number of benzene rings is 6. The minimum Gasteiger partial charge on any atom is -0.444 e. The van der Waals surface area contributed by atoms with E-state index >= 15 is 0 Å². The maximum Gasteiger partial charge on any atom is 0.437 e. The number of ether oxygens (including phenoxy) is 4. The van der Waals surface area contributed by atoms with Gasteiger partial charge in [-0.2, -0.15) is 0 Å². The molecule has 508 valence electrons. The van der Waals surface area contributed by atoms with Gasteiger partial charge in [0, 0.05) is 50.4 Å². The Kier molecular flexibility index (Phi) is 28.5. The molecular formula is C71H80N12O14. The summed E-state index contributed by atoms with van der Waals surface area (Å²) in [6.07, 6.45) is 2.26. The van der Waals surface area contributed by atoms with Crippen molar-refractivity contribution in [3.05, 3.63) is 203 Å². The van der Waals surface area contributed by atoms with Crippen LogP contribution in [0.25, 0.3) is 0 Å². The summed E-state index contributed by atoms with van der Waals surface area (Å²) < 4.78 is 21.2. The average molecular weight is 1330 g/mol. The first-order chi connectivity index (χ1) is 47.2. The van der Waals surface area contributed by atoms with Crippen LogP contribution in [0.3, 0.4) is 0 Å². The number of anilines is 2. The van der Waals surface area contributed by atoms with Crippen molar-refractivity contribution in [2.75, 3.05) is 36.8 Å². The molecule has 0 aromatic heterocycles. The maximum atomic E-state index is 13.4. The summed E-state index contributed by atoms with van der Waals surface area (Å²) in [5.41, 5.74) is 5.33. The van der Waals surface area contributed by atoms with Crippen LogP contribution >= 0.6 is 0 Å². The van der Waals surface area contributed by atoms with Crippen LogP contribution in [0, 0.1) is 0 Å². The summed E-state index contributed by atoms with van der Waals surface area (Å²) >= 11 is 0. The van der Waals surface area contributed by atoms with Crippen molar-refractivity contribution in [1.82, 2.24) is 41.7 Å². The fraction of sp³-hybridized carbons (Fsp3) is 0.324. The monoisotopic (exact) mass is 1320 g/mol. The third kappa shape index (κ3) is 26.1. The molecular weight excluding hydrogens is 1240 g/mol. The van der Waals surface area contributed by atoms with E-state index in [0.717, 1.165) is 41.5 Å². The van der Waals surface area contributed by atoms with E-state index in [4.69, 9.17) is 18.9 Å². The van der Waals surface area contributed by atoms with Gasteiger partial charge in [-0.05, 0) is 96.2 Å². The van der Waals surface area contributed by atoms with Gasteiger partial charge in [0.05, 0.1) is 13.1 Å². The van der Waals surface area contributed by atoms with E-state index in [1.165, 1.54) is 9.80 Å². The number of guanidine groups is 2. The van der Waals surface area contributed by atoms with Gasteiger partial charge >= 0.3 is 24.4 Å². The lowest BCUT2D eigenvalue weighted by atomic mass is 10.0. The smallest absolute Gasteiger partial charge is 0.437 e. The number of amides is 10. The molecule has 6 aromatic carbocycles. The van der Waals surface area contributed by atoms with Gasteiger partial charge in [-0.3, -0.25) is 39.4 Å². The molecule has 97 heavy (non-hydrogen) atoms. The van der Waals surface area contributed by atoms with Gasteiger partial charge in [-0.15, -0.1) is 9.98 Å². The number of nitrogens with zero attached hydrogens (tertiary/aromatic N) is 4. The summed E-state index contributed by atoms with van der Waals surface area (Å²) in [6, 6.07) is 48.2. The second-order valence-electron chi connectivity index (χ2n) is 22.9. The Bertz CT molecular complexity index is 3420. The molecule has 2 atom stereocenters. The number of nitrogens with one attached hydrogen (secondary N) is 8. The Morgan fingerprint density at radius 1 is 0.392 bits per heavy atom. The first-order valence-electron chi connectivity index (χ1n) is 32.1. The molecule has 0 radical (unpaired) electrons. The zero-order valence-electron chi connectivity index (χ0n) is 53.7. The summed E-state index contributed by atoms with van der Waals surface area (Å²) in [5.74, 6) is -2.45. The number of hydrogen-bond acceptors (Lipinski definition) is 14. The fourth-order valence-corrected chi connectivity index (χ4v) is 10.2. The lowest BCUT2D eigenvalue weighted by molar-refractivity contribution is -0.141. The topological polar surface area (TPSA) is 335 Å². The second kappa shape index (κ2) is 38.7. The summed E-state index contributed by atoms with van der Waals surface area (Å²) in [6.45, 7) is 0.504. The summed E-state index contributed by atoms with van der Waals surface area (Å²) in [7, 11) is 0. The fourth-order valence-electron chi connectivity index (χ4n) is 10.2. The normalized spacial score (nSPS) is 14.6. The van der Waals surface area contributed by atoms with Gasteiger partial charge in [-0.1, -0.05) is 165 Å². The van der Waals surface area contributed by atoms with E-state index in [1.54, 1.807) is 97.1 Å². The van der Waals surface area contributed by atoms with Gasteiger partial charge in [0.15, 0.2) is 0 Å². The molecule has 10 amide bonds. The third-order valence-corrected chi connectivity index (χ3v) is 15.3. The minimum atomic E-state index is -0.956. The molecule has 0 bridgehead atoms. The van der Waals surface area contributed by atoms with Crippen molar-refractivity contribution in [3.63, 3.8) is 0 Å². The van der Waals surface area contributed by atoms with Crippen LogP contribution in [0.4, 0.5) is 30.6 Å². The number of unbranched alkanes of at least 4 members (excludes halogenated alkanes) is 4. The lowest BCUT2D eigenvalue weighted by Gasteiger charge is -2.32. The van der Waals surface area contributed by atoms with Crippen LogP contribution in [-0.4, -0.2) is 120 Å². The largest absolute Gasteiger partial charge is 0.444 e. The van der Waals surface area contributed by atoms with Crippen LogP contribution in [0.5, 0.6) is 0 Å². The third-order valence-electron chi connectivity index (χ3n) is 15.3. The van der Waals surface area contributed by atoms with Crippen LogP contribution < -0.4 is 42.5 Å². The van der Waals surface area contributed by atoms with Gasteiger partial charge in [0.25, 0.3) is 0 Å². The number of likely N-dealkylation sites (tertiary alicyclic amines) is 2. The van der Waals surface area contributed by atoms with E-state index in [0.29, 0.717) is 74.1 Å². The zero-order chi connectivity index (χ0) is 68.4. The molecule has 2 aliphatic heterocycles. The number of piperidine rings is 2. The highest BCUT2D eigenvalue weighted by atomic mass is 16.6. The maximum absolute atomic E-state index is 13.4. The Hall–Kier alpha value is -11.4. The molecule has 26 nitrogen and oxygen atoms in total. The van der Waals surface area contributed by atoms with Crippen molar-refractivity contribution >= 4 is 83.1 Å². The number of hydrogen-bond donors (Lipinski definition) is 8. The highest BCUT2D eigenvalue weighted by molar-refractivity contribution is 6.07. The van der Waals surface area contributed by atoms with Gasteiger partial charge in [-0.25, -0.2) is 19.2 Å². The van der Waals surface area contributed by atoms with Gasteiger partial charge in [0.1, 0.15) is 38.5 Å². The number of rotatable bonds is 28. The highest BCUT2D eigenvalue weighted by Crippen LogP contribution is 2.18. The molecule has 26 heteroatoms. The van der Waals surface area contributed by atoms with Crippen LogP contribution in [0.1, 0.15) is 104 Å². The molecule has 2 heterocycles. The number of carbonyl (C=O) groups excluding carboxylic acids is 10. The predicted octanol–water partition coefficient (Wildman–Crippen LogP) is 8.63. The van der Waals surface area contributed by atoms with E-state index in [-0.39, 0.29) is 113 Å². The average Bonchev–Trinajstić information content (AvgIpc) is 1.05. The van der Waals surface area contributed by atoms with E-state index in [2.05, 4.69) is 52.5 Å². The quantitative estimate of drug-likeness (QED) is 0.00986. The predicted molar refractivity (Wildman–Crippen MR) is 359 cm³/mol. The number of carbonyl (C=O) groups is 10. The molecule has 6 aromatic rings. The number of alkyl carbamates (subject to hydrolysis) is 2.